The number of H-pyrrole nitrogens is 1. The number of thioether (sulfide) groups is 1. The molecule has 0 radical (unpaired) electrons. The standard InChI is InChI=1S/C29H31N3O9S2/c1-12(28(36)37)32-26(34)21-14-10-15(22(21)27(32)35)23-20(14)19(24-25(42-23)30-29(38)43-24)13-3-4-16(17(9-13)39-2)41-11-18(33)31-5-7-40-8-6-31/h3-4,9,12,14-15,19-23H,5-8,10-11H2,1-2H3,(H,30,38)(H,36,37)/t12?,14?,15?,19-,20?,21?,22?,23?/m1/s1. The van der Waals surface area contributed by atoms with Gasteiger partial charge in [-0.25, -0.2) is 4.79 Å². The molecule has 2 bridgehead atoms. The van der Waals surface area contributed by atoms with Crippen molar-refractivity contribution in [1.82, 2.24) is 14.8 Å². The van der Waals surface area contributed by atoms with Gasteiger partial charge in [-0.2, -0.15) is 0 Å². The predicted octanol–water partition coefficient (Wildman–Crippen LogP) is 1.63. The fraction of sp³-hybridized carbons (Fsp3) is 0.552. The van der Waals surface area contributed by atoms with Gasteiger partial charge in [0.25, 0.3) is 5.91 Å². The molecule has 4 heterocycles. The molecule has 43 heavy (non-hydrogen) atoms. The maximum Gasteiger partial charge on any atom is 0.326 e. The van der Waals surface area contributed by atoms with E-state index in [1.54, 1.807) is 22.7 Å². The Morgan fingerprint density at radius 2 is 1.84 bits per heavy atom. The zero-order valence-corrected chi connectivity index (χ0v) is 25.2. The van der Waals surface area contributed by atoms with Crippen LogP contribution < -0.4 is 14.3 Å². The van der Waals surface area contributed by atoms with E-state index >= 15 is 0 Å². The lowest BCUT2D eigenvalue weighted by atomic mass is 9.68. The van der Waals surface area contributed by atoms with Gasteiger partial charge in [0, 0.05) is 29.1 Å². The zero-order valence-electron chi connectivity index (χ0n) is 23.5. The minimum absolute atomic E-state index is 0.0288. The van der Waals surface area contributed by atoms with Gasteiger partial charge in [-0.05, 0) is 48.8 Å². The molecule has 1 aromatic heterocycles. The number of morpholine rings is 1. The number of fused-ring (bicyclic) bond motifs is 9. The van der Waals surface area contributed by atoms with Gasteiger partial charge in [0.1, 0.15) is 6.04 Å². The average molecular weight is 630 g/mol. The summed E-state index contributed by atoms with van der Waals surface area (Å²) in [6.07, 6.45) is 0.697. The number of nitrogens with one attached hydrogen (secondary N) is 1. The van der Waals surface area contributed by atoms with E-state index in [1.807, 2.05) is 12.1 Å². The van der Waals surface area contributed by atoms with Crippen LogP contribution in [0.15, 0.2) is 28.0 Å². The van der Waals surface area contributed by atoms with Gasteiger partial charge in [-0.3, -0.25) is 24.1 Å². The summed E-state index contributed by atoms with van der Waals surface area (Å²) in [6.45, 7) is 3.27. The number of methoxy groups -OCH3 is 1. The van der Waals surface area contributed by atoms with Crippen molar-refractivity contribution in [3.8, 4) is 11.5 Å². The number of amides is 3. The molecule has 5 aliphatic rings. The van der Waals surface area contributed by atoms with Crippen LogP contribution >= 0.6 is 23.1 Å². The molecular formula is C29H31N3O9S2. The number of likely N-dealkylation sites (tertiary alicyclic amines) is 1. The smallest absolute Gasteiger partial charge is 0.326 e. The molecular weight excluding hydrogens is 598 g/mol. The number of carboxylic acids is 1. The van der Waals surface area contributed by atoms with Crippen molar-refractivity contribution in [2.75, 3.05) is 40.0 Å². The Morgan fingerprint density at radius 1 is 1.12 bits per heavy atom. The number of aliphatic carboxylic acids is 1. The number of aromatic amines is 1. The number of thiazole rings is 1. The van der Waals surface area contributed by atoms with Crippen molar-refractivity contribution in [1.29, 1.82) is 0 Å². The van der Waals surface area contributed by atoms with Crippen molar-refractivity contribution >= 4 is 46.8 Å². The van der Waals surface area contributed by atoms with Crippen molar-refractivity contribution < 1.29 is 38.5 Å². The normalized spacial score (nSPS) is 31.4. The van der Waals surface area contributed by atoms with Crippen LogP contribution in [0.5, 0.6) is 11.5 Å². The highest BCUT2D eigenvalue weighted by atomic mass is 32.2. The molecule has 14 heteroatoms. The molecule has 8 atom stereocenters. The van der Waals surface area contributed by atoms with Crippen LogP contribution in [0, 0.1) is 29.6 Å². The van der Waals surface area contributed by atoms with Gasteiger partial charge in [-0.15, -0.1) is 11.8 Å². The van der Waals surface area contributed by atoms with E-state index in [0.717, 1.165) is 31.7 Å². The van der Waals surface area contributed by atoms with E-state index in [4.69, 9.17) is 14.2 Å². The number of carboxylic acid groups (broad SMARTS) is 1. The zero-order chi connectivity index (χ0) is 30.2. The number of rotatable bonds is 7. The third-order valence-electron chi connectivity index (χ3n) is 9.76. The summed E-state index contributed by atoms with van der Waals surface area (Å²) in [5.41, 5.74) is 0.882. The summed E-state index contributed by atoms with van der Waals surface area (Å²) < 4.78 is 16.9. The molecule has 1 aromatic carbocycles. The highest BCUT2D eigenvalue weighted by Crippen LogP contribution is 2.68. The average Bonchev–Trinajstić information content (AvgIpc) is 3.74. The number of hydrogen-bond donors (Lipinski definition) is 2. The molecule has 2 aromatic rings. The van der Waals surface area contributed by atoms with Gasteiger partial charge in [0.05, 0.1) is 37.2 Å². The highest BCUT2D eigenvalue weighted by molar-refractivity contribution is 8.00. The number of aromatic nitrogens is 1. The Bertz CT molecular complexity index is 1570. The van der Waals surface area contributed by atoms with Crippen LogP contribution in [0.1, 0.15) is 29.7 Å². The van der Waals surface area contributed by atoms with E-state index in [-0.39, 0.29) is 46.3 Å². The number of ether oxygens (including phenoxy) is 3. The lowest BCUT2D eigenvalue weighted by molar-refractivity contribution is -0.154. The Kier molecular flexibility index (Phi) is 7.05. The number of carbonyl (C=O) groups is 4. The molecule has 2 N–H and O–H groups in total. The molecule has 0 spiro atoms. The Hall–Kier alpha value is -3.36. The highest BCUT2D eigenvalue weighted by Gasteiger charge is 2.70. The number of benzene rings is 1. The first-order chi connectivity index (χ1) is 20.7. The summed E-state index contributed by atoms with van der Waals surface area (Å²) in [6, 6.07) is 4.32. The summed E-state index contributed by atoms with van der Waals surface area (Å²) in [7, 11) is 1.53. The van der Waals surface area contributed by atoms with Crippen molar-refractivity contribution in [2.45, 2.75) is 35.6 Å². The second kappa shape index (κ2) is 10.7. The summed E-state index contributed by atoms with van der Waals surface area (Å²) in [5, 5.41) is 10.3. The molecule has 228 valence electrons. The van der Waals surface area contributed by atoms with Crippen LogP contribution in [-0.2, 0) is 23.9 Å². The molecule has 2 aliphatic carbocycles. The second-order valence-corrected chi connectivity index (χ2v) is 13.9. The summed E-state index contributed by atoms with van der Waals surface area (Å²) in [5.74, 6) is -2.94. The number of nitrogens with zero attached hydrogens (tertiary/aromatic N) is 2. The molecule has 2 saturated carbocycles. The Labute approximate surface area is 254 Å². The van der Waals surface area contributed by atoms with Crippen LogP contribution in [0.2, 0.25) is 0 Å². The maximum atomic E-state index is 13.6. The van der Waals surface area contributed by atoms with Crippen LogP contribution in [0.4, 0.5) is 0 Å². The van der Waals surface area contributed by atoms with Gasteiger partial charge >= 0.3 is 10.8 Å². The maximum absolute atomic E-state index is 13.6. The number of imide groups is 1. The second-order valence-electron chi connectivity index (χ2n) is 11.7. The molecule has 7 rings (SSSR count). The molecule has 3 aliphatic heterocycles. The van der Waals surface area contributed by atoms with Crippen molar-refractivity contribution in [2.24, 2.45) is 29.6 Å². The number of carbonyl (C=O) groups excluding carboxylic acids is 3. The van der Waals surface area contributed by atoms with Crippen molar-refractivity contribution in [3.63, 3.8) is 0 Å². The monoisotopic (exact) mass is 629 g/mol. The minimum atomic E-state index is -1.22. The molecule has 2 saturated heterocycles. The van der Waals surface area contributed by atoms with Gasteiger partial charge in [0.15, 0.2) is 18.1 Å². The fourth-order valence-electron chi connectivity index (χ4n) is 7.95. The molecule has 4 fully saturated rings. The largest absolute Gasteiger partial charge is 0.493 e. The van der Waals surface area contributed by atoms with Gasteiger partial charge in [-0.1, -0.05) is 17.4 Å². The first kappa shape index (κ1) is 28.4. The van der Waals surface area contributed by atoms with Crippen LogP contribution in [0.3, 0.4) is 0 Å². The minimum Gasteiger partial charge on any atom is -0.493 e. The van der Waals surface area contributed by atoms with E-state index in [2.05, 4.69) is 4.98 Å². The first-order valence-corrected chi connectivity index (χ1v) is 16.0. The van der Waals surface area contributed by atoms with Gasteiger partial charge in [0.2, 0.25) is 11.8 Å². The first-order valence-electron chi connectivity index (χ1n) is 14.3. The molecule has 12 nitrogen and oxygen atoms in total. The number of hydrogen-bond acceptors (Lipinski definition) is 10. The summed E-state index contributed by atoms with van der Waals surface area (Å²) in [4.78, 5) is 70.3. The molecule has 7 unspecified atom stereocenters. The summed E-state index contributed by atoms with van der Waals surface area (Å²) >= 11 is 2.71. The third kappa shape index (κ3) is 4.40. The van der Waals surface area contributed by atoms with E-state index in [1.165, 1.54) is 14.0 Å². The van der Waals surface area contributed by atoms with Crippen molar-refractivity contribution in [3.05, 3.63) is 38.3 Å². The fourth-order valence-corrected chi connectivity index (χ4v) is 10.8. The quantitative estimate of drug-likeness (QED) is 0.432. The SMILES string of the molecule is COc1cc([C@H]2c3sc(=O)[nH]c3SC3C4CC(C5C(=O)N(C(C)C(=O)O)C(=O)C45)C32)ccc1OCC(=O)N1CCOCC1. The van der Waals surface area contributed by atoms with Crippen LogP contribution in [0.25, 0.3) is 0 Å². The topological polar surface area (TPSA) is 156 Å². The Balaban J connectivity index is 1.20. The third-order valence-corrected chi connectivity index (χ3v) is 12.4. The lowest BCUT2D eigenvalue weighted by Crippen LogP contribution is -2.44. The van der Waals surface area contributed by atoms with E-state index < -0.39 is 35.7 Å². The van der Waals surface area contributed by atoms with Gasteiger partial charge < -0.3 is 29.2 Å². The van der Waals surface area contributed by atoms with Crippen LogP contribution in [-0.4, -0.2) is 94.9 Å². The Morgan fingerprint density at radius 3 is 2.53 bits per heavy atom. The molecule has 3 amide bonds. The lowest BCUT2D eigenvalue weighted by Gasteiger charge is -2.43. The predicted molar refractivity (Wildman–Crippen MR) is 153 cm³/mol. The van der Waals surface area contributed by atoms with E-state index in [0.29, 0.717) is 44.2 Å². The van der Waals surface area contributed by atoms with E-state index in [9.17, 15) is 29.1 Å².